The molecule has 2 N–H and O–H groups in total. The third-order valence-electron chi connectivity index (χ3n) is 2.28. The van der Waals surface area contributed by atoms with E-state index in [1.807, 2.05) is 23.7 Å². The van der Waals surface area contributed by atoms with E-state index < -0.39 is 0 Å². The Balaban J connectivity index is 2.50. The van der Waals surface area contributed by atoms with Gasteiger partial charge < -0.3 is 10.1 Å². The summed E-state index contributed by atoms with van der Waals surface area (Å²) >= 11 is 3.47. The third-order valence-corrected chi connectivity index (χ3v) is 2.72. The van der Waals surface area contributed by atoms with E-state index in [1.54, 1.807) is 0 Å². The van der Waals surface area contributed by atoms with Crippen molar-refractivity contribution >= 4 is 21.6 Å². The summed E-state index contributed by atoms with van der Waals surface area (Å²) in [6.45, 7) is 4.05. The van der Waals surface area contributed by atoms with E-state index in [1.165, 1.54) is 5.56 Å². The summed E-state index contributed by atoms with van der Waals surface area (Å²) < 4.78 is 3.11. The van der Waals surface area contributed by atoms with Gasteiger partial charge in [0.1, 0.15) is 5.65 Å². The molecule has 2 rings (SSSR count). The molecule has 3 nitrogen and oxygen atoms in total. The fourth-order valence-electron chi connectivity index (χ4n) is 1.70. The van der Waals surface area contributed by atoms with Gasteiger partial charge >= 0.3 is 0 Å². The molecule has 2 heterocycles. The Morgan fingerprint density at radius 2 is 2.27 bits per heavy atom. The number of aryl methyl sites for hydroxylation is 1. The third kappa shape index (κ3) is 2.21. The first kappa shape index (κ1) is 10.6. The van der Waals surface area contributed by atoms with Gasteiger partial charge in [0.25, 0.3) is 0 Å². The van der Waals surface area contributed by atoms with Crippen molar-refractivity contribution in [2.24, 2.45) is 5.73 Å². The van der Waals surface area contributed by atoms with E-state index in [2.05, 4.69) is 33.9 Å². The van der Waals surface area contributed by atoms with Crippen LogP contribution in [0.1, 0.15) is 18.2 Å². The lowest BCUT2D eigenvalue weighted by atomic mass is 10.2. The molecule has 0 aliphatic heterocycles. The molecule has 80 valence electrons. The monoisotopic (exact) mass is 267 g/mol. The molecule has 0 amide bonds. The van der Waals surface area contributed by atoms with Crippen molar-refractivity contribution in [1.29, 1.82) is 0 Å². The predicted molar refractivity (Wildman–Crippen MR) is 65.0 cm³/mol. The Hall–Kier alpha value is -0.870. The van der Waals surface area contributed by atoms with Gasteiger partial charge in [-0.3, -0.25) is 0 Å². The molecule has 0 saturated heterocycles. The Kier molecular flexibility index (Phi) is 2.80. The van der Waals surface area contributed by atoms with Crippen LogP contribution in [0.2, 0.25) is 0 Å². The number of hydrogen-bond donors (Lipinski definition) is 1. The molecule has 2 aromatic heterocycles. The van der Waals surface area contributed by atoms with Gasteiger partial charge in [0.05, 0.1) is 5.69 Å². The SMILES string of the molecule is Cc1cc(Br)cn2cc(CC(C)N)nc12. The van der Waals surface area contributed by atoms with Crippen LogP contribution < -0.4 is 5.73 Å². The summed E-state index contributed by atoms with van der Waals surface area (Å²) in [5.74, 6) is 0. The summed E-state index contributed by atoms with van der Waals surface area (Å²) in [7, 11) is 0. The van der Waals surface area contributed by atoms with Gasteiger partial charge in [-0.2, -0.15) is 0 Å². The van der Waals surface area contributed by atoms with Gasteiger partial charge in [-0.15, -0.1) is 0 Å². The number of pyridine rings is 1. The average Bonchev–Trinajstić information content (AvgIpc) is 2.45. The van der Waals surface area contributed by atoms with Gasteiger partial charge in [0, 0.05) is 29.3 Å². The minimum Gasteiger partial charge on any atom is -0.328 e. The number of halogens is 1. The van der Waals surface area contributed by atoms with E-state index in [0.29, 0.717) is 0 Å². The highest BCUT2D eigenvalue weighted by Gasteiger charge is 2.06. The molecule has 0 bridgehead atoms. The fraction of sp³-hybridized carbons (Fsp3) is 0.364. The minimum absolute atomic E-state index is 0.152. The van der Waals surface area contributed by atoms with Crippen molar-refractivity contribution < 1.29 is 0 Å². The van der Waals surface area contributed by atoms with Crippen LogP contribution in [-0.2, 0) is 6.42 Å². The molecule has 4 heteroatoms. The van der Waals surface area contributed by atoms with Crippen molar-refractivity contribution in [1.82, 2.24) is 9.38 Å². The standard InChI is InChI=1S/C11H14BrN3/c1-7-3-9(12)5-15-6-10(4-8(2)13)14-11(7)15/h3,5-6,8H,4,13H2,1-2H3. The van der Waals surface area contributed by atoms with Crippen molar-refractivity contribution in [2.45, 2.75) is 26.3 Å². The van der Waals surface area contributed by atoms with Crippen LogP contribution in [0.15, 0.2) is 22.9 Å². The largest absolute Gasteiger partial charge is 0.328 e. The topological polar surface area (TPSA) is 43.3 Å². The van der Waals surface area contributed by atoms with Crippen molar-refractivity contribution in [3.05, 3.63) is 34.2 Å². The van der Waals surface area contributed by atoms with E-state index in [0.717, 1.165) is 22.2 Å². The van der Waals surface area contributed by atoms with Gasteiger partial charge in [-0.25, -0.2) is 4.98 Å². The summed E-state index contributed by atoms with van der Waals surface area (Å²) in [6.07, 6.45) is 4.87. The van der Waals surface area contributed by atoms with Crippen LogP contribution >= 0.6 is 15.9 Å². The number of nitrogens with two attached hydrogens (primary N) is 1. The number of nitrogens with zero attached hydrogens (tertiary/aromatic N) is 2. The first-order valence-corrected chi connectivity index (χ1v) is 5.75. The zero-order valence-corrected chi connectivity index (χ0v) is 10.5. The van der Waals surface area contributed by atoms with Crippen molar-refractivity contribution in [3.8, 4) is 0 Å². The molecule has 0 aromatic carbocycles. The molecular formula is C11H14BrN3. The highest BCUT2D eigenvalue weighted by Crippen LogP contribution is 2.17. The minimum atomic E-state index is 0.152. The maximum absolute atomic E-state index is 5.76. The molecule has 0 aliphatic rings. The summed E-state index contributed by atoms with van der Waals surface area (Å²) in [6, 6.07) is 2.22. The molecule has 0 saturated carbocycles. The maximum Gasteiger partial charge on any atom is 0.139 e. The molecule has 2 aromatic rings. The number of imidazole rings is 1. The van der Waals surface area contributed by atoms with Crippen LogP contribution in [0.5, 0.6) is 0 Å². The number of hydrogen-bond acceptors (Lipinski definition) is 2. The second-order valence-corrected chi connectivity index (χ2v) is 4.90. The van der Waals surface area contributed by atoms with E-state index >= 15 is 0 Å². The molecule has 0 aliphatic carbocycles. The first-order valence-electron chi connectivity index (χ1n) is 4.95. The summed E-state index contributed by atoms with van der Waals surface area (Å²) in [5.41, 5.74) is 8.98. The van der Waals surface area contributed by atoms with E-state index in [-0.39, 0.29) is 6.04 Å². The Morgan fingerprint density at radius 1 is 1.53 bits per heavy atom. The molecule has 0 radical (unpaired) electrons. The second kappa shape index (κ2) is 3.94. The van der Waals surface area contributed by atoms with Gasteiger partial charge in [-0.1, -0.05) is 0 Å². The van der Waals surface area contributed by atoms with Crippen LogP contribution in [-0.4, -0.2) is 15.4 Å². The highest BCUT2D eigenvalue weighted by molar-refractivity contribution is 9.10. The van der Waals surface area contributed by atoms with E-state index in [4.69, 9.17) is 5.73 Å². The molecule has 1 atom stereocenters. The van der Waals surface area contributed by atoms with Crippen molar-refractivity contribution in [2.75, 3.05) is 0 Å². The quantitative estimate of drug-likeness (QED) is 0.908. The number of fused-ring (bicyclic) bond motifs is 1. The Labute approximate surface area is 97.4 Å². The Morgan fingerprint density at radius 3 is 2.93 bits per heavy atom. The van der Waals surface area contributed by atoms with Gasteiger partial charge in [-0.05, 0) is 41.4 Å². The first-order chi connectivity index (χ1) is 7.06. The normalized spacial score (nSPS) is 13.3. The molecule has 15 heavy (non-hydrogen) atoms. The average molecular weight is 268 g/mol. The Bertz CT molecular complexity index is 488. The van der Waals surface area contributed by atoms with Crippen LogP contribution in [0.25, 0.3) is 5.65 Å². The molecule has 0 spiro atoms. The zero-order valence-electron chi connectivity index (χ0n) is 8.87. The molecule has 1 unspecified atom stereocenters. The molecular weight excluding hydrogens is 254 g/mol. The van der Waals surface area contributed by atoms with Crippen LogP contribution in [0.3, 0.4) is 0 Å². The van der Waals surface area contributed by atoms with Crippen LogP contribution in [0, 0.1) is 6.92 Å². The van der Waals surface area contributed by atoms with Crippen LogP contribution in [0.4, 0.5) is 0 Å². The van der Waals surface area contributed by atoms with E-state index in [9.17, 15) is 0 Å². The predicted octanol–water partition coefficient (Wildman–Crippen LogP) is 2.29. The lowest BCUT2D eigenvalue weighted by Crippen LogP contribution is -2.17. The smallest absolute Gasteiger partial charge is 0.139 e. The highest BCUT2D eigenvalue weighted by atomic mass is 79.9. The second-order valence-electron chi connectivity index (χ2n) is 3.99. The zero-order chi connectivity index (χ0) is 11.0. The fourth-order valence-corrected chi connectivity index (χ4v) is 2.27. The summed E-state index contributed by atoms with van der Waals surface area (Å²) in [5, 5.41) is 0. The molecule has 0 fully saturated rings. The van der Waals surface area contributed by atoms with Crippen molar-refractivity contribution in [3.63, 3.8) is 0 Å². The number of aromatic nitrogens is 2. The lowest BCUT2D eigenvalue weighted by Gasteiger charge is -1.98. The maximum atomic E-state index is 5.76. The summed E-state index contributed by atoms with van der Waals surface area (Å²) in [4.78, 5) is 4.56. The lowest BCUT2D eigenvalue weighted by molar-refractivity contribution is 0.726. The number of rotatable bonds is 2. The van der Waals surface area contributed by atoms with Gasteiger partial charge in [0.2, 0.25) is 0 Å². The van der Waals surface area contributed by atoms with Gasteiger partial charge in [0.15, 0.2) is 0 Å².